The van der Waals surface area contributed by atoms with Crippen molar-refractivity contribution in [1.82, 2.24) is 0 Å². The first-order chi connectivity index (χ1) is 26.0. The van der Waals surface area contributed by atoms with E-state index in [2.05, 4.69) is 55.4 Å². The number of hydrogen-bond donors (Lipinski definition) is 2. The van der Waals surface area contributed by atoms with E-state index in [1.807, 2.05) is 0 Å². The summed E-state index contributed by atoms with van der Waals surface area (Å²) in [6, 6.07) is 11.7. The summed E-state index contributed by atoms with van der Waals surface area (Å²) in [6.07, 6.45) is 35.9. The molecule has 0 heterocycles. The monoisotopic (exact) mass is 809 g/mol. The maximum Gasteiger partial charge on any atom is 0.336 e. The molecule has 54 heavy (non-hydrogen) atoms. The molecule has 8 heteroatoms. The van der Waals surface area contributed by atoms with Gasteiger partial charge in [-0.2, -0.15) is 0 Å². The number of benzene rings is 2. The number of hydrogen-bond acceptors (Lipinski definition) is 3. The van der Waals surface area contributed by atoms with E-state index in [1.54, 1.807) is 61.4 Å². The average Bonchev–Trinajstić information content (AvgIpc) is 3.19. The highest BCUT2D eigenvalue weighted by Crippen LogP contribution is 2.62. The standard InChI is InChI=1S/2C16H36P.C14H10O5S/c2*1-5-9-13-17(14-10-6-2,15-11-7-3)16-12-8-4;15-13(16)9-5-1-3-7-11(9)20(19)12-8-4-2-6-10(12)14(17)18/h2*5-16H2,1-4H3;1-8H,(H,15,16)(H,17,18)/q2*+1;. The summed E-state index contributed by atoms with van der Waals surface area (Å²) in [5.41, 5.74) is -0.211. The Morgan fingerprint density at radius 1 is 0.426 bits per heavy atom. The van der Waals surface area contributed by atoms with E-state index < -0.39 is 37.3 Å². The van der Waals surface area contributed by atoms with Crippen LogP contribution in [0.4, 0.5) is 0 Å². The topological polar surface area (TPSA) is 91.7 Å². The molecule has 0 aromatic heterocycles. The van der Waals surface area contributed by atoms with E-state index in [0.29, 0.717) is 0 Å². The van der Waals surface area contributed by atoms with Gasteiger partial charge in [-0.15, -0.1) is 0 Å². The van der Waals surface area contributed by atoms with Crippen LogP contribution in [0.25, 0.3) is 0 Å². The molecular weight excluding hydrogens is 727 g/mol. The molecule has 0 spiro atoms. The highest BCUT2D eigenvalue weighted by Gasteiger charge is 2.35. The molecule has 0 atom stereocenters. The second-order valence-electron chi connectivity index (χ2n) is 15.2. The second-order valence-corrected chi connectivity index (χ2v) is 25.5. The Bertz CT molecular complexity index is 1110. The number of carbonyl (C=O) groups is 2. The minimum atomic E-state index is -1.87. The Morgan fingerprint density at radius 2 is 0.630 bits per heavy atom. The average molecular weight is 809 g/mol. The molecule has 0 aliphatic carbocycles. The van der Waals surface area contributed by atoms with Gasteiger partial charge in [-0.1, -0.05) is 131 Å². The SMILES string of the molecule is CCCC[P+](CCCC)(CCCC)CCCC.CCCC[P+](CCCC)(CCCC)CCCC.O=C(O)c1ccccc1S(=O)c1ccccc1C(=O)O. The highest BCUT2D eigenvalue weighted by atomic mass is 32.2. The largest absolute Gasteiger partial charge is 0.478 e. The number of rotatable bonds is 28. The Labute approximate surface area is 336 Å². The van der Waals surface area contributed by atoms with Crippen LogP contribution in [0.1, 0.15) is 179 Å². The van der Waals surface area contributed by atoms with E-state index in [-0.39, 0.29) is 20.9 Å². The zero-order chi connectivity index (χ0) is 40.7. The van der Waals surface area contributed by atoms with Crippen molar-refractivity contribution >= 4 is 37.3 Å². The van der Waals surface area contributed by atoms with Gasteiger partial charge in [0.25, 0.3) is 0 Å². The predicted octanol–water partition coefficient (Wildman–Crippen LogP) is 14.7. The van der Waals surface area contributed by atoms with E-state index in [1.165, 1.54) is 139 Å². The second kappa shape index (κ2) is 32.5. The van der Waals surface area contributed by atoms with Crippen LogP contribution >= 0.6 is 14.5 Å². The van der Waals surface area contributed by atoms with Crippen LogP contribution in [0.5, 0.6) is 0 Å². The summed E-state index contributed by atoms with van der Waals surface area (Å²) in [4.78, 5) is 22.4. The summed E-state index contributed by atoms with van der Waals surface area (Å²) in [7, 11) is -3.00. The third kappa shape index (κ3) is 21.1. The number of aromatic carboxylic acids is 2. The summed E-state index contributed by atoms with van der Waals surface area (Å²) in [5, 5.41) is 18.2. The molecule has 2 rings (SSSR count). The summed E-state index contributed by atoms with van der Waals surface area (Å²) < 4.78 is 12.5. The zero-order valence-corrected chi connectivity index (χ0v) is 38.6. The molecule has 0 bridgehead atoms. The van der Waals surface area contributed by atoms with Crippen LogP contribution in [0.3, 0.4) is 0 Å². The quantitative estimate of drug-likeness (QED) is 0.0836. The predicted molar refractivity (Wildman–Crippen MR) is 244 cm³/mol. The molecule has 2 aromatic rings. The van der Waals surface area contributed by atoms with E-state index in [4.69, 9.17) is 10.2 Å². The minimum Gasteiger partial charge on any atom is -0.478 e. The molecule has 0 amide bonds. The minimum absolute atomic E-state index is 0.0775. The lowest BCUT2D eigenvalue weighted by Crippen LogP contribution is -2.12. The lowest BCUT2D eigenvalue weighted by Gasteiger charge is -2.28. The van der Waals surface area contributed by atoms with Crippen LogP contribution in [0.15, 0.2) is 58.3 Å². The first-order valence-corrected chi connectivity index (χ1v) is 28.0. The normalized spacial score (nSPS) is 11.4. The maximum absolute atomic E-state index is 12.5. The van der Waals surface area contributed by atoms with Gasteiger partial charge in [-0.3, -0.25) is 0 Å². The molecule has 0 aliphatic heterocycles. The fourth-order valence-electron chi connectivity index (χ4n) is 7.02. The van der Waals surface area contributed by atoms with Crippen molar-refractivity contribution in [2.75, 3.05) is 49.3 Å². The van der Waals surface area contributed by atoms with Crippen LogP contribution in [0.2, 0.25) is 0 Å². The Morgan fingerprint density at radius 3 is 0.815 bits per heavy atom. The van der Waals surface area contributed by atoms with E-state index in [0.717, 1.165) is 0 Å². The third-order valence-electron chi connectivity index (χ3n) is 10.5. The molecule has 0 saturated heterocycles. The molecule has 0 unspecified atom stereocenters. The van der Waals surface area contributed by atoms with Crippen molar-refractivity contribution in [3.63, 3.8) is 0 Å². The lowest BCUT2D eigenvalue weighted by molar-refractivity contribution is 0.0683. The van der Waals surface area contributed by atoms with Gasteiger partial charge in [0.15, 0.2) is 0 Å². The van der Waals surface area contributed by atoms with Crippen molar-refractivity contribution in [2.45, 2.75) is 168 Å². The van der Waals surface area contributed by atoms with Gasteiger partial charge in [0.1, 0.15) is 0 Å². The lowest BCUT2D eigenvalue weighted by atomic mass is 10.2. The summed E-state index contributed by atoms with van der Waals surface area (Å²) >= 11 is 0. The zero-order valence-electron chi connectivity index (χ0n) is 36.0. The molecule has 2 aromatic carbocycles. The van der Waals surface area contributed by atoms with Gasteiger partial charge in [-0.05, 0) is 75.6 Å². The maximum atomic E-state index is 12.5. The van der Waals surface area contributed by atoms with Crippen LogP contribution in [0, 0.1) is 0 Å². The van der Waals surface area contributed by atoms with E-state index >= 15 is 0 Å². The Hall–Kier alpha value is -1.61. The summed E-state index contributed by atoms with van der Waals surface area (Å²) in [5.74, 6) is -2.41. The van der Waals surface area contributed by atoms with Gasteiger partial charge < -0.3 is 10.2 Å². The van der Waals surface area contributed by atoms with Crippen molar-refractivity contribution in [3.05, 3.63) is 59.7 Å². The fraction of sp³-hybridized carbons (Fsp3) is 0.696. The van der Waals surface area contributed by atoms with Gasteiger partial charge in [0, 0.05) is 14.5 Å². The first-order valence-electron chi connectivity index (χ1n) is 21.8. The van der Waals surface area contributed by atoms with Gasteiger partial charge in [0.2, 0.25) is 0 Å². The molecule has 5 nitrogen and oxygen atoms in total. The molecule has 2 N–H and O–H groups in total. The van der Waals surface area contributed by atoms with Gasteiger partial charge >= 0.3 is 11.9 Å². The number of carboxylic acids is 2. The highest BCUT2D eigenvalue weighted by molar-refractivity contribution is 7.85. The van der Waals surface area contributed by atoms with Gasteiger partial charge in [-0.25, -0.2) is 13.8 Å². The van der Waals surface area contributed by atoms with Gasteiger partial charge in [0.05, 0.1) is 81.0 Å². The summed E-state index contributed by atoms with van der Waals surface area (Å²) in [6.45, 7) is 18.8. The molecule has 310 valence electrons. The molecule has 0 radical (unpaired) electrons. The van der Waals surface area contributed by atoms with Crippen molar-refractivity contribution < 1.29 is 24.0 Å². The molecule has 0 aliphatic rings. The van der Waals surface area contributed by atoms with Crippen LogP contribution < -0.4 is 0 Å². The number of unbranched alkanes of at least 4 members (excludes halogenated alkanes) is 8. The van der Waals surface area contributed by atoms with Crippen LogP contribution in [-0.4, -0.2) is 75.7 Å². The third-order valence-corrected chi connectivity index (χ3v) is 22.2. The van der Waals surface area contributed by atoms with Crippen molar-refractivity contribution in [2.24, 2.45) is 0 Å². The first kappa shape index (κ1) is 52.4. The van der Waals surface area contributed by atoms with Crippen molar-refractivity contribution in [1.29, 1.82) is 0 Å². The molecule has 0 saturated carbocycles. The van der Waals surface area contributed by atoms with Crippen molar-refractivity contribution in [3.8, 4) is 0 Å². The smallest absolute Gasteiger partial charge is 0.336 e. The molecular formula is C46H82O5P2S+2. The molecule has 0 fully saturated rings. The number of carboxylic acid groups (broad SMARTS) is 2. The Balaban J connectivity index is 0.000000786. The fourth-order valence-corrected chi connectivity index (χ4v) is 18.9. The van der Waals surface area contributed by atoms with E-state index in [9.17, 15) is 13.8 Å². The Kier molecular flexibility index (Phi) is 31.5. The van der Waals surface area contributed by atoms with Crippen LogP contribution in [-0.2, 0) is 10.8 Å².